The van der Waals surface area contributed by atoms with E-state index in [1.165, 1.54) is 16.7 Å². The fourth-order valence-electron chi connectivity index (χ4n) is 1.38. The molecule has 0 aliphatic carbocycles. The van der Waals surface area contributed by atoms with Gasteiger partial charge in [0.05, 0.1) is 0 Å². The van der Waals surface area contributed by atoms with Crippen LogP contribution in [0.25, 0.3) is 11.1 Å². The van der Waals surface area contributed by atoms with Gasteiger partial charge in [-0.3, -0.25) is 0 Å². The molecule has 15 heavy (non-hydrogen) atoms. The van der Waals surface area contributed by atoms with Crippen molar-refractivity contribution >= 4 is 0 Å². The summed E-state index contributed by atoms with van der Waals surface area (Å²) in [5.74, 6) is 0. The van der Waals surface area contributed by atoms with E-state index in [-0.39, 0.29) is 0 Å². The van der Waals surface area contributed by atoms with Crippen molar-refractivity contribution in [1.29, 1.82) is 0 Å². The molecule has 0 nitrogen and oxygen atoms in total. The first-order valence-corrected chi connectivity index (χ1v) is 4.98. The maximum Gasteiger partial charge on any atom is -0.0184 e. The molecule has 0 N–H and O–H groups in total. The molecule has 0 radical (unpaired) electrons. The Morgan fingerprint density at radius 3 is 1.67 bits per heavy atom. The fourth-order valence-corrected chi connectivity index (χ4v) is 1.38. The smallest absolute Gasteiger partial charge is 0.0184 e. The first-order chi connectivity index (χ1) is 7.36. The highest BCUT2D eigenvalue weighted by molar-refractivity contribution is 5.63. The number of aryl methyl sites for hydroxylation is 1. The molecule has 0 saturated heterocycles. The molecular formula is C15H16. The van der Waals surface area contributed by atoms with Crippen molar-refractivity contribution in [2.75, 3.05) is 0 Å². The predicted octanol–water partition coefficient (Wildman–Crippen LogP) is 4.46. The Bertz CT molecular complexity index is 384. The van der Waals surface area contributed by atoms with E-state index in [9.17, 15) is 0 Å². The normalized spacial score (nSPS) is 8.87. The van der Waals surface area contributed by atoms with Crippen LogP contribution in [-0.2, 0) is 0 Å². The van der Waals surface area contributed by atoms with Crippen LogP contribution in [0, 0.1) is 6.92 Å². The van der Waals surface area contributed by atoms with E-state index in [2.05, 4.69) is 68.6 Å². The molecule has 0 amide bonds. The number of rotatable bonds is 1. The van der Waals surface area contributed by atoms with Gasteiger partial charge in [0, 0.05) is 0 Å². The highest BCUT2D eigenvalue weighted by atomic mass is 14.0. The van der Waals surface area contributed by atoms with Gasteiger partial charge in [0.2, 0.25) is 0 Å². The lowest BCUT2D eigenvalue weighted by atomic mass is 10.0. The molecule has 0 bridgehead atoms. The molecule has 0 heteroatoms. The van der Waals surface area contributed by atoms with Gasteiger partial charge in [-0.1, -0.05) is 60.2 Å². The minimum atomic E-state index is 1.28. The van der Waals surface area contributed by atoms with Gasteiger partial charge < -0.3 is 0 Å². The van der Waals surface area contributed by atoms with Crippen molar-refractivity contribution in [1.82, 2.24) is 0 Å². The molecule has 0 fully saturated rings. The first-order valence-electron chi connectivity index (χ1n) is 4.98. The topological polar surface area (TPSA) is 0 Å². The van der Waals surface area contributed by atoms with Gasteiger partial charge >= 0.3 is 0 Å². The van der Waals surface area contributed by atoms with Crippen LogP contribution < -0.4 is 0 Å². The molecule has 0 atom stereocenters. The minimum Gasteiger partial charge on any atom is -0.106 e. The standard InChI is InChI=1S/C13H12.C2H4/c1-11-7-9-13(10-8-11)12-5-3-2-4-6-12;1-2/h2-10H,1H3;1-2H2. The zero-order valence-electron chi connectivity index (χ0n) is 9.11. The van der Waals surface area contributed by atoms with Gasteiger partial charge in [0.25, 0.3) is 0 Å². The highest BCUT2D eigenvalue weighted by Crippen LogP contribution is 2.18. The van der Waals surface area contributed by atoms with E-state index in [0.29, 0.717) is 0 Å². The van der Waals surface area contributed by atoms with Crippen LogP contribution in [0.2, 0.25) is 0 Å². The van der Waals surface area contributed by atoms with E-state index in [0.717, 1.165) is 0 Å². The second-order valence-electron chi connectivity index (χ2n) is 3.23. The molecule has 0 spiro atoms. The van der Waals surface area contributed by atoms with Gasteiger partial charge in [-0.15, -0.1) is 13.2 Å². The summed E-state index contributed by atoms with van der Waals surface area (Å²) in [4.78, 5) is 0. The SMILES string of the molecule is C=C.Cc1ccc(-c2ccccc2)cc1. The number of benzene rings is 2. The third-order valence-corrected chi connectivity index (χ3v) is 2.16. The van der Waals surface area contributed by atoms with Crippen LogP contribution in [0.3, 0.4) is 0 Å². The van der Waals surface area contributed by atoms with Crippen LogP contribution in [-0.4, -0.2) is 0 Å². The van der Waals surface area contributed by atoms with Crippen molar-refractivity contribution < 1.29 is 0 Å². The minimum absolute atomic E-state index is 1.28. The second-order valence-corrected chi connectivity index (χ2v) is 3.23. The lowest BCUT2D eigenvalue weighted by Gasteiger charge is -2.00. The summed E-state index contributed by atoms with van der Waals surface area (Å²) >= 11 is 0. The summed E-state index contributed by atoms with van der Waals surface area (Å²) in [6.45, 7) is 8.11. The van der Waals surface area contributed by atoms with Crippen molar-refractivity contribution in [3.63, 3.8) is 0 Å². The summed E-state index contributed by atoms with van der Waals surface area (Å²) in [6, 6.07) is 19.0. The Kier molecular flexibility index (Phi) is 4.36. The van der Waals surface area contributed by atoms with Crippen LogP contribution in [0.4, 0.5) is 0 Å². The first kappa shape index (κ1) is 11.3. The molecular weight excluding hydrogens is 180 g/mol. The predicted molar refractivity (Wildman–Crippen MR) is 67.9 cm³/mol. The average molecular weight is 196 g/mol. The zero-order chi connectivity index (χ0) is 11.1. The average Bonchev–Trinajstić information content (AvgIpc) is 2.34. The highest BCUT2D eigenvalue weighted by Gasteiger charge is 1.93. The van der Waals surface area contributed by atoms with E-state index < -0.39 is 0 Å². The Morgan fingerprint density at radius 2 is 1.13 bits per heavy atom. The van der Waals surface area contributed by atoms with Crippen molar-refractivity contribution in [2.24, 2.45) is 0 Å². The summed E-state index contributed by atoms with van der Waals surface area (Å²) in [7, 11) is 0. The lowest BCUT2D eigenvalue weighted by molar-refractivity contribution is 1.47. The van der Waals surface area contributed by atoms with Crippen molar-refractivity contribution in [2.45, 2.75) is 6.92 Å². The molecule has 0 aromatic heterocycles. The zero-order valence-corrected chi connectivity index (χ0v) is 9.11. The van der Waals surface area contributed by atoms with Crippen LogP contribution in [0.15, 0.2) is 67.8 Å². The largest absolute Gasteiger partial charge is 0.106 e. The van der Waals surface area contributed by atoms with E-state index >= 15 is 0 Å². The van der Waals surface area contributed by atoms with E-state index in [4.69, 9.17) is 0 Å². The van der Waals surface area contributed by atoms with Gasteiger partial charge in [-0.25, -0.2) is 0 Å². The van der Waals surface area contributed by atoms with Gasteiger partial charge in [0.15, 0.2) is 0 Å². The van der Waals surface area contributed by atoms with Crippen molar-refractivity contribution in [3.05, 3.63) is 73.3 Å². The molecule has 2 aromatic carbocycles. The molecule has 2 rings (SSSR count). The fraction of sp³-hybridized carbons (Fsp3) is 0.0667. The van der Waals surface area contributed by atoms with E-state index in [1.54, 1.807) is 0 Å². The quantitative estimate of drug-likeness (QED) is 0.590. The number of hydrogen-bond acceptors (Lipinski definition) is 0. The van der Waals surface area contributed by atoms with Crippen LogP contribution in [0.1, 0.15) is 5.56 Å². The summed E-state index contributed by atoms with van der Waals surface area (Å²) < 4.78 is 0. The lowest BCUT2D eigenvalue weighted by Crippen LogP contribution is -1.76. The molecule has 0 saturated carbocycles. The van der Waals surface area contributed by atoms with Gasteiger partial charge in [-0.05, 0) is 18.1 Å². The molecule has 0 heterocycles. The Labute approximate surface area is 91.9 Å². The monoisotopic (exact) mass is 196 g/mol. The van der Waals surface area contributed by atoms with Crippen LogP contribution in [0.5, 0.6) is 0 Å². The molecule has 0 aliphatic heterocycles. The summed E-state index contributed by atoms with van der Waals surface area (Å²) in [6.07, 6.45) is 0. The third-order valence-electron chi connectivity index (χ3n) is 2.16. The Morgan fingerprint density at radius 1 is 0.667 bits per heavy atom. The number of hydrogen-bond donors (Lipinski definition) is 0. The summed E-state index contributed by atoms with van der Waals surface area (Å²) in [5.41, 5.74) is 3.87. The Balaban J connectivity index is 0.000000531. The molecule has 2 aromatic rings. The summed E-state index contributed by atoms with van der Waals surface area (Å²) in [5, 5.41) is 0. The molecule has 76 valence electrons. The maximum absolute atomic E-state index is 3.00. The molecule has 0 unspecified atom stereocenters. The second kappa shape index (κ2) is 5.82. The van der Waals surface area contributed by atoms with Gasteiger partial charge in [0.1, 0.15) is 0 Å². The maximum atomic E-state index is 3.00. The van der Waals surface area contributed by atoms with Crippen molar-refractivity contribution in [3.8, 4) is 11.1 Å². The Hall–Kier alpha value is -1.82. The molecule has 0 aliphatic rings. The van der Waals surface area contributed by atoms with Gasteiger partial charge in [-0.2, -0.15) is 0 Å². The van der Waals surface area contributed by atoms with Crippen LogP contribution >= 0.6 is 0 Å². The van der Waals surface area contributed by atoms with E-state index in [1.807, 2.05) is 6.07 Å². The third kappa shape index (κ3) is 3.10.